The van der Waals surface area contributed by atoms with Crippen molar-refractivity contribution in [2.24, 2.45) is 28.7 Å². The van der Waals surface area contributed by atoms with E-state index in [1.807, 2.05) is 6.92 Å². The van der Waals surface area contributed by atoms with Crippen LogP contribution in [0.15, 0.2) is 0 Å². The normalized spacial score (nSPS) is 52.6. The van der Waals surface area contributed by atoms with Gasteiger partial charge in [-0.15, -0.1) is 0 Å². The molecule has 2 aliphatic heterocycles. The van der Waals surface area contributed by atoms with Crippen molar-refractivity contribution in [1.82, 2.24) is 0 Å². The van der Waals surface area contributed by atoms with Crippen LogP contribution in [-0.4, -0.2) is 101 Å². The summed E-state index contributed by atoms with van der Waals surface area (Å²) in [7, 11) is 0. The van der Waals surface area contributed by atoms with Gasteiger partial charge in [-0.25, -0.2) is 0 Å². The second-order valence-electron chi connectivity index (χ2n) is 9.45. The molecule has 13 atom stereocenters. The number of rotatable bonds is 5. The molecule has 0 radical (unpaired) electrons. The largest absolute Gasteiger partial charge is 0.388 e. The molecular formula is C19H39N5O7. The molecule has 12 nitrogen and oxygen atoms in total. The van der Waals surface area contributed by atoms with E-state index in [1.165, 1.54) is 6.92 Å². The number of hydrogen-bond acceptors (Lipinski definition) is 12. The van der Waals surface area contributed by atoms with Crippen LogP contribution in [0.3, 0.4) is 0 Å². The minimum atomic E-state index is -1.41. The Morgan fingerprint density at radius 1 is 0.935 bits per heavy atom. The first-order valence-electron chi connectivity index (χ1n) is 10.9. The highest BCUT2D eigenvalue weighted by Crippen LogP contribution is 2.31. The lowest BCUT2D eigenvalue weighted by Crippen LogP contribution is -2.68. The van der Waals surface area contributed by atoms with Crippen LogP contribution in [0, 0.1) is 0 Å². The molecule has 0 aromatic rings. The van der Waals surface area contributed by atoms with E-state index in [-0.39, 0.29) is 25.2 Å². The van der Waals surface area contributed by atoms with Crippen LogP contribution in [0.1, 0.15) is 33.1 Å². The van der Waals surface area contributed by atoms with E-state index in [1.54, 1.807) is 0 Å². The zero-order valence-electron chi connectivity index (χ0n) is 18.1. The Hall–Kier alpha value is -0.480. The maximum absolute atomic E-state index is 11.0. The molecule has 0 amide bonds. The van der Waals surface area contributed by atoms with Crippen molar-refractivity contribution in [3.63, 3.8) is 0 Å². The van der Waals surface area contributed by atoms with Crippen molar-refractivity contribution in [1.29, 1.82) is 0 Å². The summed E-state index contributed by atoms with van der Waals surface area (Å²) in [5.74, 6) is 0. The lowest BCUT2D eigenvalue weighted by Gasteiger charge is -2.48. The summed E-state index contributed by atoms with van der Waals surface area (Å²) in [5, 5.41) is 31.6. The molecule has 2 heterocycles. The molecule has 3 fully saturated rings. The van der Waals surface area contributed by atoms with Crippen LogP contribution in [0.4, 0.5) is 0 Å². The number of nitrogens with two attached hydrogens (primary N) is 5. The summed E-state index contributed by atoms with van der Waals surface area (Å²) in [6.07, 6.45) is -4.89. The average molecular weight is 450 g/mol. The fourth-order valence-corrected chi connectivity index (χ4v) is 4.41. The van der Waals surface area contributed by atoms with Crippen molar-refractivity contribution in [2.75, 3.05) is 6.61 Å². The molecule has 31 heavy (non-hydrogen) atoms. The minimum absolute atomic E-state index is 0.142. The van der Waals surface area contributed by atoms with Crippen LogP contribution < -0.4 is 28.7 Å². The molecule has 3 aliphatic rings. The maximum Gasteiger partial charge on any atom is 0.185 e. The van der Waals surface area contributed by atoms with E-state index in [2.05, 4.69) is 0 Å². The van der Waals surface area contributed by atoms with E-state index >= 15 is 0 Å². The van der Waals surface area contributed by atoms with Crippen molar-refractivity contribution in [3.05, 3.63) is 0 Å². The first-order chi connectivity index (χ1) is 14.4. The second kappa shape index (κ2) is 9.79. The molecule has 0 spiro atoms. The van der Waals surface area contributed by atoms with Crippen LogP contribution in [0.5, 0.6) is 0 Å². The molecule has 3 rings (SSSR count). The van der Waals surface area contributed by atoms with Gasteiger partial charge in [0.2, 0.25) is 0 Å². The predicted octanol–water partition coefficient (Wildman–Crippen LogP) is -3.85. The molecule has 0 bridgehead atoms. The molecule has 0 aromatic heterocycles. The smallest absolute Gasteiger partial charge is 0.185 e. The summed E-state index contributed by atoms with van der Waals surface area (Å²) in [6.45, 7) is 3.17. The predicted molar refractivity (Wildman–Crippen MR) is 110 cm³/mol. The first kappa shape index (κ1) is 25.1. The van der Waals surface area contributed by atoms with Crippen molar-refractivity contribution in [2.45, 2.75) is 112 Å². The van der Waals surface area contributed by atoms with Gasteiger partial charge in [0, 0.05) is 18.1 Å². The van der Waals surface area contributed by atoms with Crippen molar-refractivity contribution < 1.29 is 34.3 Å². The number of aliphatic hydroxyl groups excluding tert-OH is 2. The van der Waals surface area contributed by atoms with Crippen LogP contribution in [-0.2, 0) is 18.9 Å². The molecule has 13 N–H and O–H groups in total. The Morgan fingerprint density at radius 3 is 2.10 bits per heavy atom. The number of hydrogen-bond donors (Lipinski definition) is 8. The Kier molecular flexibility index (Phi) is 7.94. The third-order valence-electron chi connectivity index (χ3n) is 6.58. The lowest BCUT2D eigenvalue weighted by atomic mass is 9.84. The summed E-state index contributed by atoms with van der Waals surface area (Å²) in [4.78, 5) is 0. The van der Waals surface area contributed by atoms with Gasteiger partial charge in [0.15, 0.2) is 12.6 Å². The SMILES string of the molecule is C[C@H](N)[C@@H]1CC[C@@H](N)[C@H](O[C@@H]2[C@@H](O)[C@@H](O[C@@H]3OC[C@](C)(O)[C@@H](N)[C@@H]3O)[C@H](N)C[C@@H]2N)O1. The molecule has 182 valence electrons. The Bertz CT molecular complexity index is 584. The van der Waals surface area contributed by atoms with Gasteiger partial charge >= 0.3 is 0 Å². The van der Waals surface area contributed by atoms with Crippen LogP contribution >= 0.6 is 0 Å². The highest BCUT2D eigenvalue weighted by atomic mass is 16.7. The van der Waals surface area contributed by atoms with Crippen LogP contribution in [0.2, 0.25) is 0 Å². The monoisotopic (exact) mass is 449 g/mol. The Morgan fingerprint density at radius 2 is 1.52 bits per heavy atom. The highest BCUT2D eigenvalue weighted by molar-refractivity contribution is 5.01. The molecule has 0 unspecified atom stereocenters. The van der Waals surface area contributed by atoms with Crippen LogP contribution in [0.25, 0.3) is 0 Å². The number of ether oxygens (including phenoxy) is 4. The summed E-state index contributed by atoms with van der Waals surface area (Å²) in [6, 6.07) is -2.82. The van der Waals surface area contributed by atoms with Gasteiger partial charge in [0.1, 0.15) is 30.0 Å². The van der Waals surface area contributed by atoms with E-state index in [9.17, 15) is 15.3 Å². The number of aliphatic hydroxyl groups is 3. The van der Waals surface area contributed by atoms with E-state index < -0.39 is 66.8 Å². The van der Waals surface area contributed by atoms with Gasteiger partial charge in [-0.05, 0) is 33.1 Å². The molecule has 2 saturated heterocycles. The van der Waals surface area contributed by atoms with Crippen molar-refractivity contribution >= 4 is 0 Å². The van der Waals surface area contributed by atoms with E-state index in [0.29, 0.717) is 6.42 Å². The molecule has 1 saturated carbocycles. The summed E-state index contributed by atoms with van der Waals surface area (Å²) in [5.41, 5.74) is 29.0. The fraction of sp³-hybridized carbons (Fsp3) is 1.00. The Balaban J connectivity index is 1.68. The third-order valence-corrected chi connectivity index (χ3v) is 6.58. The van der Waals surface area contributed by atoms with Gasteiger partial charge < -0.3 is 62.9 Å². The van der Waals surface area contributed by atoms with Gasteiger partial charge in [-0.2, -0.15) is 0 Å². The minimum Gasteiger partial charge on any atom is -0.388 e. The highest BCUT2D eigenvalue weighted by Gasteiger charge is 2.50. The quantitative estimate of drug-likeness (QED) is 0.202. The summed E-state index contributed by atoms with van der Waals surface area (Å²) >= 11 is 0. The second-order valence-corrected chi connectivity index (χ2v) is 9.45. The fourth-order valence-electron chi connectivity index (χ4n) is 4.41. The van der Waals surface area contributed by atoms with Gasteiger partial charge in [0.25, 0.3) is 0 Å². The lowest BCUT2D eigenvalue weighted by molar-refractivity contribution is -0.305. The topological polar surface area (TPSA) is 228 Å². The molecular weight excluding hydrogens is 410 g/mol. The molecule has 12 heteroatoms. The first-order valence-corrected chi connectivity index (χ1v) is 10.9. The summed E-state index contributed by atoms with van der Waals surface area (Å²) < 4.78 is 23.2. The maximum atomic E-state index is 11.0. The zero-order valence-corrected chi connectivity index (χ0v) is 18.1. The van der Waals surface area contributed by atoms with Gasteiger partial charge in [-0.3, -0.25) is 0 Å². The average Bonchev–Trinajstić information content (AvgIpc) is 2.69. The zero-order chi connectivity index (χ0) is 23.1. The van der Waals surface area contributed by atoms with Gasteiger partial charge in [-0.1, -0.05) is 0 Å². The van der Waals surface area contributed by atoms with Gasteiger partial charge in [0.05, 0.1) is 24.8 Å². The van der Waals surface area contributed by atoms with E-state index in [4.69, 9.17) is 47.6 Å². The standard InChI is InChI=1S/C19H39N5O7/c1-7(20)11-4-3-8(21)17(29-11)30-14-9(22)5-10(23)15(12(14)25)31-18-13(26)16(24)19(2,27)6-28-18/h7-18,25-27H,3-6,20-24H2,1-2H3/t7-,8+,9-,10+,11-,12+,13-,14-,15-,16-,17-,18-,19-/m0/s1. The third kappa shape index (κ3) is 5.37. The Labute approximate surface area is 182 Å². The molecule has 0 aromatic carbocycles. The van der Waals surface area contributed by atoms with Crippen molar-refractivity contribution in [3.8, 4) is 0 Å². The van der Waals surface area contributed by atoms with E-state index in [0.717, 1.165) is 6.42 Å². The molecule has 1 aliphatic carbocycles.